The molecule has 1 aromatic heterocycles. The summed E-state index contributed by atoms with van der Waals surface area (Å²) in [6.07, 6.45) is 0.528. The first-order chi connectivity index (χ1) is 13.2. The second-order valence-corrected chi connectivity index (χ2v) is 10.2. The number of hydrogen-bond acceptors (Lipinski definition) is 6. The summed E-state index contributed by atoms with van der Waals surface area (Å²) < 4.78 is 58.5. The van der Waals surface area contributed by atoms with E-state index in [9.17, 15) is 21.6 Å². The average molecular weight is 423 g/mol. The van der Waals surface area contributed by atoms with Crippen molar-refractivity contribution in [2.75, 3.05) is 21.3 Å². The van der Waals surface area contributed by atoms with Crippen LogP contribution in [0.25, 0.3) is 11.1 Å². The number of H-pyrrole nitrogens is 1. The number of rotatable bonds is 4. The van der Waals surface area contributed by atoms with Gasteiger partial charge in [0.1, 0.15) is 0 Å². The molecule has 9 nitrogen and oxygen atoms in total. The molecule has 1 aliphatic rings. The number of oxazole rings is 1. The quantitative estimate of drug-likeness (QED) is 0.658. The number of nitrogens with one attached hydrogen (secondary N) is 2. The first-order valence-electron chi connectivity index (χ1n) is 8.42. The van der Waals surface area contributed by atoms with Crippen LogP contribution in [0.1, 0.15) is 12.0 Å². The van der Waals surface area contributed by atoms with E-state index in [4.69, 9.17) is 4.42 Å². The van der Waals surface area contributed by atoms with Crippen molar-refractivity contribution in [2.24, 2.45) is 0 Å². The molecule has 2 N–H and O–H groups in total. The van der Waals surface area contributed by atoms with E-state index in [-0.39, 0.29) is 27.4 Å². The Kier molecular flexibility index (Phi) is 4.23. The van der Waals surface area contributed by atoms with Crippen LogP contribution in [-0.4, -0.2) is 34.1 Å². The molecule has 0 aliphatic carbocycles. The maximum atomic E-state index is 12.8. The summed E-state index contributed by atoms with van der Waals surface area (Å²) in [4.78, 5) is 13.6. The molecule has 0 atom stereocenters. The molecular weight excluding hydrogens is 406 g/mol. The third-order valence-corrected chi connectivity index (χ3v) is 7.79. The lowest BCUT2D eigenvalue weighted by molar-refractivity contribution is 0.555. The van der Waals surface area contributed by atoms with Gasteiger partial charge in [0.15, 0.2) is 5.58 Å². The molecule has 0 radical (unpaired) electrons. The van der Waals surface area contributed by atoms with Crippen molar-refractivity contribution < 1.29 is 21.3 Å². The molecule has 3 aromatic rings. The molecule has 0 unspecified atom stereocenters. The molecule has 4 rings (SSSR count). The molecular formula is C17H17N3O6S2. The van der Waals surface area contributed by atoms with Gasteiger partial charge in [-0.2, -0.15) is 0 Å². The van der Waals surface area contributed by atoms with Gasteiger partial charge >= 0.3 is 5.76 Å². The Morgan fingerprint density at radius 2 is 1.96 bits per heavy atom. The van der Waals surface area contributed by atoms with Gasteiger partial charge in [-0.3, -0.25) is 14.0 Å². The topological polar surface area (TPSA) is 130 Å². The first kappa shape index (κ1) is 18.6. The summed E-state index contributed by atoms with van der Waals surface area (Å²) >= 11 is 0. The van der Waals surface area contributed by atoms with Gasteiger partial charge in [0.25, 0.3) is 10.0 Å². The van der Waals surface area contributed by atoms with Crippen LogP contribution >= 0.6 is 0 Å². The lowest BCUT2D eigenvalue weighted by Gasteiger charge is -2.19. The lowest BCUT2D eigenvalue weighted by Crippen LogP contribution is -2.25. The van der Waals surface area contributed by atoms with Gasteiger partial charge in [-0.25, -0.2) is 21.6 Å². The van der Waals surface area contributed by atoms with Crippen molar-refractivity contribution in [1.82, 2.24) is 4.98 Å². The summed E-state index contributed by atoms with van der Waals surface area (Å²) in [7, 11) is -7.34. The van der Waals surface area contributed by atoms with Gasteiger partial charge in [0.05, 0.1) is 27.5 Å². The normalized spacial score (nSPS) is 16.5. The van der Waals surface area contributed by atoms with Gasteiger partial charge in [-0.1, -0.05) is 6.07 Å². The standard InChI is InChI=1S/C17H17N3O6S2/c1-11-3-4-12(20-7-2-8-27(20,22)23)9-14(11)19-28(24,25)13-5-6-16-15(10-13)18-17(21)26-16/h3-6,9-10,19H,2,7-8H2,1H3,(H,18,21). The third kappa shape index (κ3) is 3.27. The van der Waals surface area contributed by atoms with Crippen molar-refractivity contribution in [3.05, 3.63) is 52.5 Å². The van der Waals surface area contributed by atoms with Crippen LogP contribution in [0.3, 0.4) is 0 Å². The van der Waals surface area contributed by atoms with Crippen LogP contribution in [0, 0.1) is 6.92 Å². The molecule has 1 fully saturated rings. The number of nitrogens with zero attached hydrogens (tertiary/aromatic N) is 1. The van der Waals surface area contributed by atoms with Gasteiger partial charge in [0, 0.05) is 6.54 Å². The molecule has 2 heterocycles. The summed E-state index contributed by atoms with van der Waals surface area (Å²) in [5, 5.41) is 0. The molecule has 28 heavy (non-hydrogen) atoms. The highest BCUT2D eigenvalue weighted by molar-refractivity contribution is 7.93. The lowest BCUT2D eigenvalue weighted by atomic mass is 10.2. The van der Waals surface area contributed by atoms with Crippen molar-refractivity contribution >= 4 is 42.5 Å². The number of benzene rings is 2. The number of aromatic amines is 1. The Bertz CT molecular complexity index is 1340. The van der Waals surface area contributed by atoms with E-state index in [0.29, 0.717) is 24.2 Å². The zero-order chi connectivity index (χ0) is 20.1. The fourth-order valence-corrected chi connectivity index (χ4v) is 5.81. The van der Waals surface area contributed by atoms with Crippen LogP contribution in [0.5, 0.6) is 0 Å². The molecule has 148 valence electrons. The number of aryl methyl sites for hydroxylation is 1. The smallest absolute Gasteiger partial charge is 0.408 e. The Balaban J connectivity index is 1.70. The molecule has 1 saturated heterocycles. The first-order valence-corrected chi connectivity index (χ1v) is 11.5. The molecule has 11 heteroatoms. The molecule has 0 spiro atoms. The summed E-state index contributed by atoms with van der Waals surface area (Å²) in [5.41, 5.74) is 1.85. The van der Waals surface area contributed by atoms with Crippen LogP contribution in [0.4, 0.5) is 11.4 Å². The molecule has 0 saturated carbocycles. The number of anilines is 2. The SMILES string of the molecule is Cc1ccc(N2CCCS2(=O)=O)cc1NS(=O)(=O)c1ccc2oc(=O)[nH]c2c1. The van der Waals surface area contributed by atoms with Crippen molar-refractivity contribution in [3.8, 4) is 0 Å². The highest BCUT2D eigenvalue weighted by Crippen LogP contribution is 2.30. The molecule has 2 aromatic carbocycles. The monoisotopic (exact) mass is 423 g/mol. The van der Waals surface area contributed by atoms with Gasteiger partial charge in [0.2, 0.25) is 10.0 Å². The van der Waals surface area contributed by atoms with Crippen LogP contribution in [-0.2, 0) is 20.0 Å². The summed E-state index contributed by atoms with van der Waals surface area (Å²) in [6, 6.07) is 8.84. The van der Waals surface area contributed by atoms with E-state index in [0.717, 1.165) is 0 Å². The molecule has 0 bridgehead atoms. The van der Waals surface area contributed by atoms with Crippen molar-refractivity contribution in [1.29, 1.82) is 0 Å². The summed E-state index contributed by atoms with van der Waals surface area (Å²) in [5.74, 6) is -0.599. The van der Waals surface area contributed by atoms with Gasteiger partial charge < -0.3 is 4.42 Å². The van der Waals surface area contributed by atoms with E-state index >= 15 is 0 Å². The Morgan fingerprint density at radius 1 is 1.18 bits per heavy atom. The second kappa shape index (κ2) is 6.38. The van der Waals surface area contributed by atoms with Crippen molar-refractivity contribution in [3.63, 3.8) is 0 Å². The minimum Gasteiger partial charge on any atom is -0.408 e. The minimum absolute atomic E-state index is 0.0596. The zero-order valence-electron chi connectivity index (χ0n) is 14.8. The number of sulfonamides is 2. The number of fused-ring (bicyclic) bond motifs is 1. The molecule has 0 amide bonds. The Hall–Kier alpha value is -2.79. The van der Waals surface area contributed by atoms with E-state index in [1.54, 1.807) is 19.1 Å². The predicted molar refractivity (Wildman–Crippen MR) is 105 cm³/mol. The van der Waals surface area contributed by atoms with Crippen LogP contribution < -0.4 is 14.8 Å². The maximum Gasteiger partial charge on any atom is 0.417 e. The fourth-order valence-electron chi connectivity index (χ4n) is 3.11. The number of hydrogen-bond donors (Lipinski definition) is 2. The van der Waals surface area contributed by atoms with E-state index in [1.807, 2.05) is 0 Å². The highest BCUT2D eigenvalue weighted by Gasteiger charge is 2.29. The zero-order valence-corrected chi connectivity index (χ0v) is 16.4. The van der Waals surface area contributed by atoms with E-state index in [1.165, 1.54) is 28.6 Å². The third-order valence-electron chi connectivity index (χ3n) is 4.55. The highest BCUT2D eigenvalue weighted by atomic mass is 32.2. The largest absolute Gasteiger partial charge is 0.417 e. The summed E-state index contributed by atoms with van der Waals surface area (Å²) in [6.45, 7) is 2.08. The number of aromatic nitrogens is 1. The Labute approximate surface area is 161 Å². The van der Waals surface area contributed by atoms with E-state index in [2.05, 4.69) is 9.71 Å². The molecule has 1 aliphatic heterocycles. The second-order valence-electron chi connectivity index (χ2n) is 6.52. The predicted octanol–water partition coefficient (Wildman–Crippen LogP) is 1.77. The minimum atomic E-state index is -3.97. The van der Waals surface area contributed by atoms with Crippen LogP contribution in [0.2, 0.25) is 0 Å². The van der Waals surface area contributed by atoms with Gasteiger partial charge in [-0.05, 0) is 49.2 Å². The Morgan fingerprint density at radius 3 is 2.68 bits per heavy atom. The van der Waals surface area contributed by atoms with Crippen LogP contribution in [0.15, 0.2) is 50.5 Å². The maximum absolute atomic E-state index is 12.8. The van der Waals surface area contributed by atoms with E-state index < -0.39 is 25.8 Å². The fraction of sp³-hybridized carbons (Fsp3) is 0.235. The van der Waals surface area contributed by atoms with Gasteiger partial charge in [-0.15, -0.1) is 0 Å². The average Bonchev–Trinajstić information content (AvgIpc) is 3.16. The van der Waals surface area contributed by atoms with Crippen molar-refractivity contribution in [2.45, 2.75) is 18.2 Å².